The van der Waals surface area contributed by atoms with Crippen LogP contribution in [0, 0.1) is 11.8 Å². The third-order valence-electron chi connectivity index (χ3n) is 9.82. The second-order valence-corrected chi connectivity index (χ2v) is 12.2. The number of para-hydroxylation sites is 2. The van der Waals surface area contributed by atoms with Crippen molar-refractivity contribution in [2.24, 2.45) is 11.8 Å². The molecule has 2 aliphatic heterocycles. The van der Waals surface area contributed by atoms with Gasteiger partial charge in [-0.15, -0.1) is 0 Å². The van der Waals surface area contributed by atoms with Crippen molar-refractivity contribution in [3.05, 3.63) is 40.3 Å². The van der Waals surface area contributed by atoms with Gasteiger partial charge in [0.15, 0.2) is 11.5 Å². The molecule has 1 aromatic heterocycles. The quantitative estimate of drug-likeness (QED) is 0.357. The van der Waals surface area contributed by atoms with Gasteiger partial charge >= 0.3 is 5.97 Å². The largest absolute Gasteiger partial charge is 0.466 e. The summed E-state index contributed by atoms with van der Waals surface area (Å²) in [5.41, 5.74) is 1.12. The van der Waals surface area contributed by atoms with E-state index in [9.17, 15) is 14.4 Å². The van der Waals surface area contributed by atoms with Crippen molar-refractivity contribution in [1.29, 1.82) is 0 Å². The number of hydrogen-bond acceptors (Lipinski definition) is 6. The number of rotatable bonds is 7. The first kappa shape index (κ1) is 25.7. The van der Waals surface area contributed by atoms with Gasteiger partial charge in [0.25, 0.3) is 5.56 Å². The zero-order chi connectivity index (χ0) is 26.2. The summed E-state index contributed by atoms with van der Waals surface area (Å²) in [5, 5.41) is 0. The summed E-state index contributed by atoms with van der Waals surface area (Å²) in [7, 11) is 0. The third-order valence-corrected chi connectivity index (χ3v) is 9.82. The Hall–Kier alpha value is -2.54. The number of esters is 1. The normalized spacial score (nSPS) is 31.2. The molecule has 4 aliphatic rings. The number of carbonyl (C=O) groups excluding carboxylic acids is 2. The number of hydrogen-bond donors (Lipinski definition) is 0. The maximum Gasteiger partial charge on any atom is 0.306 e. The highest BCUT2D eigenvalue weighted by atomic mass is 16.5. The minimum atomic E-state index is -0.423. The molecule has 4 bridgehead atoms. The Morgan fingerprint density at radius 3 is 2.24 bits per heavy atom. The molecule has 0 N–H and O–H groups in total. The van der Waals surface area contributed by atoms with Gasteiger partial charge in [-0.3, -0.25) is 19.3 Å². The van der Waals surface area contributed by atoms with Crippen LogP contribution in [-0.2, 0) is 9.53 Å². The summed E-state index contributed by atoms with van der Waals surface area (Å²) in [6, 6.07) is 9.43. The van der Waals surface area contributed by atoms with Gasteiger partial charge in [-0.25, -0.2) is 4.98 Å². The van der Waals surface area contributed by atoms with Crippen molar-refractivity contribution in [1.82, 2.24) is 14.5 Å². The van der Waals surface area contributed by atoms with Crippen LogP contribution in [0.15, 0.2) is 29.1 Å². The number of aromatic nitrogens is 2. The summed E-state index contributed by atoms with van der Waals surface area (Å²) in [4.78, 5) is 46.1. The first-order chi connectivity index (χ1) is 18.5. The lowest BCUT2D eigenvalue weighted by molar-refractivity contribution is -0.143. The van der Waals surface area contributed by atoms with Gasteiger partial charge in [0.05, 0.1) is 24.1 Å². The lowest BCUT2D eigenvalue weighted by atomic mass is 9.76. The zero-order valence-electron chi connectivity index (χ0n) is 22.6. The standard InChI is InChI=1S/C31H41N3O4/c1-2-38-29(36)14-13-28(35)30-31(37)34(27-10-6-5-9-26(27)32-30)25-18-22-11-12-23(19-25)33(22)24-16-20-7-3-4-8-21(15-20)17-24/h5-6,9-10,20-25H,2-4,7-8,11-19H2,1H3/t20?,21?,22-,23+,24?,25?. The highest BCUT2D eigenvalue weighted by Crippen LogP contribution is 2.47. The van der Waals surface area contributed by atoms with Crippen LogP contribution in [0.2, 0.25) is 0 Å². The molecule has 204 valence electrons. The van der Waals surface area contributed by atoms with Crippen LogP contribution in [0.5, 0.6) is 0 Å². The van der Waals surface area contributed by atoms with Crippen molar-refractivity contribution in [3.8, 4) is 0 Å². The third kappa shape index (κ3) is 4.94. The fraction of sp³-hybridized carbons (Fsp3) is 0.677. The number of piperidine rings is 1. The molecule has 38 heavy (non-hydrogen) atoms. The summed E-state index contributed by atoms with van der Waals surface area (Å²) < 4.78 is 6.85. The average molecular weight is 520 g/mol. The molecule has 7 heteroatoms. The van der Waals surface area contributed by atoms with E-state index in [0.29, 0.717) is 23.6 Å². The number of carbonyl (C=O) groups is 2. The first-order valence-electron chi connectivity index (χ1n) is 15.0. The van der Waals surface area contributed by atoms with E-state index in [-0.39, 0.29) is 42.5 Å². The van der Waals surface area contributed by atoms with Gasteiger partial charge in [-0.1, -0.05) is 37.8 Å². The molecule has 2 saturated heterocycles. The lowest BCUT2D eigenvalue weighted by Crippen LogP contribution is -2.52. The molecule has 7 nitrogen and oxygen atoms in total. The predicted molar refractivity (Wildman–Crippen MR) is 146 cm³/mol. The highest BCUT2D eigenvalue weighted by Gasteiger charge is 2.47. The maximum atomic E-state index is 13.8. The Morgan fingerprint density at radius 1 is 0.868 bits per heavy atom. The number of ketones is 1. The molecule has 2 aromatic rings. The summed E-state index contributed by atoms with van der Waals surface area (Å²) in [6.45, 7) is 2.01. The number of benzene rings is 1. The molecular formula is C31H41N3O4. The van der Waals surface area contributed by atoms with Crippen molar-refractivity contribution in [2.75, 3.05) is 6.61 Å². The van der Waals surface area contributed by atoms with Gasteiger partial charge in [0, 0.05) is 30.6 Å². The summed E-state index contributed by atoms with van der Waals surface area (Å²) in [5.74, 6) is 0.989. The van der Waals surface area contributed by atoms with E-state index in [4.69, 9.17) is 4.74 Å². The maximum absolute atomic E-state index is 13.8. The van der Waals surface area contributed by atoms with Crippen LogP contribution in [0.3, 0.4) is 0 Å². The van der Waals surface area contributed by atoms with E-state index < -0.39 is 5.97 Å². The van der Waals surface area contributed by atoms with Crippen LogP contribution in [0.25, 0.3) is 11.0 Å². The lowest BCUT2D eigenvalue weighted by Gasteiger charge is -2.48. The monoisotopic (exact) mass is 519 g/mol. The van der Waals surface area contributed by atoms with E-state index >= 15 is 0 Å². The Balaban J connectivity index is 1.26. The van der Waals surface area contributed by atoms with E-state index in [1.807, 2.05) is 28.8 Å². The van der Waals surface area contributed by atoms with Gasteiger partial charge in [-0.05, 0) is 75.8 Å². The molecule has 2 aliphatic carbocycles. The molecule has 5 atom stereocenters. The van der Waals surface area contributed by atoms with E-state index in [1.165, 1.54) is 57.8 Å². The van der Waals surface area contributed by atoms with Crippen LogP contribution >= 0.6 is 0 Å². The molecule has 2 saturated carbocycles. The molecule has 0 amide bonds. The summed E-state index contributed by atoms with van der Waals surface area (Å²) >= 11 is 0. The second-order valence-electron chi connectivity index (χ2n) is 12.2. The molecule has 4 fully saturated rings. The fourth-order valence-corrected chi connectivity index (χ4v) is 8.37. The smallest absolute Gasteiger partial charge is 0.306 e. The van der Waals surface area contributed by atoms with Gasteiger partial charge in [0.1, 0.15) is 0 Å². The van der Waals surface area contributed by atoms with Gasteiger partial charge in [0.2, 0.25) is 0 Å². The Labute approximate surface area is 224 Å². The molecule has 0 radical (unpaired) electrons. The molecule has 6 rings (SSSR count). The van der Waals surface area contributed by atoms with Crippen LogP contribution in [0.4, 0.5) is 0 Å². The second kappa shape index (κ2) is 10.9. The summed E-state index contributed by atoms with van der Waals surface area (Å²) in [6.07, 6.45) is 14.0. The van der Waals surface area contributed by atoms with Crippen molar-refractivity contribution in [3.63, 3.8) is 0 Å². The van der Waals surface area contributed by atoms with E-state index in [2.05, 4.69) is 9.88 Å². The molecule has 0 spiro atoms. The van der Waals surface area contributed by atoms with Gasteiger partial charge in [-0.2, -0.15) is 0 Å². The zero-order valence-corrected chi connectivity index (χ0v) is 22.6. The van der Waals surface area contributed by atoms with Crippen LogP contribution in [0.1, 0.15) is 107 Å². The molecule has 3 unspecified atom stereocenters. The Kier molecular flexibility index (Phi) is 7.39. The van der Waals surface area contributed by atoms with Crippen LogP contribution in [-0.4, -0.2) is 50.9 Å². The number of fused-ring (bicyclic) bond motifs is 5. The van der Waals surface area contributed by atoms with E-state index in [1.54, 1.807) is 6.92 Å². The number of Topliss-reactive ketones (excluding diaryl/α,β-unsaturated/α-hetero) is 1. The first-order valence-corrected chi connectivity index (χ1v) is 15.0. The molecule has 1 aromatic carbocycles. The fourth-order valence-electron chi connectivity index (χ4n) is 8.37. The number of ether oxygens (including phenoxy) is 1. The predicted octanol–water partition coefficient (Wildman–Crippen LogP) is 5.45. The Morgan fingerprint density at radius 2 is 1.55 bits per heavy atom. The highest BCUT2D eigenvalue weighted by molar-refractivity contribution is 5.97. The molecular weight excluding hydrogens is 478 g/mol. The average Bonchev–Trinajstić information content (AvgIpc) is 3.06. The molecule has 3 heterocycles. The minimum Gasteiger partial charge on any atom is -0.466 e. The minimum absolute atomic E-state index is 0.0352. The Bertz CT molecular complexity index is 1230. The SMILES string of the molecule is CCOC(=O)CCC(=O)c1nc2ccccc2n(C2C[C@H]3CC[C@@H](C2)N3C2CC3CCCCC(C3)C2)c1=O. The van der Waals surface area contributed by atoms with Crippen molar-refractivity contribution < 1.29 is 14.3 Å². The van der Waals surface area contributed by atoms with Crippen LogP contribution < -0.4 is 5.56 Å². The number of nitrogens with zero attached hydrogens (tertiary/aromatic N) is 3. The van der Waals surface area contributed by atoms with Crippen molar-refractivity contribution >= 4 is 22.8 Å². The topological polar surface area (TPSA) is 81.5 Å². The van der Waals surface area contributed by atoms with Gasteiger partial charge < -0.3 is 9.30 Å². The van der Waals surface area contributed by atoms with E-state index in [0.717, 1.165) is 30.2 Å². The van der Waals surface area contributed by atoms with Crippen molar-refractivity contribution in [2.45, 2.75) is 115 Å².